The van der Waals surface area contributed by atoms with Crippen LogP contribution in [-0.4, -0.2) is 44.1 Å². The van der Waals surface area contributed by atoms with Crippen LogP contribution >= 0.6 is 0 Å². The van der Waals surface area contributed by atoms with E-state index in [1.807, 2.05) is 0 Å². The van der Waals surface area contributed by atoms with Gasteiger partial charge in [-0.3, -0.25) is 4.79 Å². The van der Waals surface area contributed by atoms with E-state index in [2.05, 4.69) is 14.7 Å². The van der Waals surface area contributed by atoms with Crippen molar-refractivity contribution in [2.45, 2.75) is 24.3 Å². The van der Waals surface area contributed by atoms with Gasteiger partial charge in [-0.1, -0.05) is 0 Å². The van der Waals surface area contributed by atoms with Gasteiger partial charge < -0.3 is 9.64 Å². The highest BCUT2D eigenvalue weighted by molar-refractivity contribution is 7.92. The first-order chi connectivity index (χ1) is 11.9. The van der Waals surface area contributed by atoms with Crippen LogP contribution in [0.5, 0.6) is 0 Å². The summed E-state index contributed by atoms with van der Waals surface area (Å²) in [7, 11) is -2.32. The van der Waals surface area contributed by atoms with E-state index >= 15 is 0 Å². The van der Waals surface area contributed by atoms with Crippen LogP contribution in [0.1, 0.15) is 12.5 Å². The molecule has 25 heavy (non-hydrogen) atoms. The Labute approximate surface area is 145 Å². The number of hydrogen-bond donors (Lipinski definition) is 1. The van der Waals surface area contributed by atoms with E-state index in [1.54, 1.807) is 30.0 Å². The average Bonchev–Trinajstić information content (AvgIpc) is 3.04. The first-order valence-electron chi connectivity index (χ1n) is 7.69. The van der Waals surface area contributed by atoms with Crippen LogP contribution in [0.4, 0.5) is 11.6 Å². The van der Waals surface area contributed by atoms with Crippen molar-refractivity contribution in [3.8, 4) is 0 Å². The molecule has 0 fully saturated rings. The van der Waals surface area contributed by atoms with Crippen LogP contribution in [0, 0.1) is 0 Å². The number of rotatable bonds is 5. The SMILES string of the molecule is COC(C)C(=O)N1CCc2cc(S(=O)(=O)Nc3ncccn3)ccc21. The molecular formula is C16H18N4O4S. The summed E-state index contributed by atoms with van der Waals surface area (Å²) in [6, 6.07) is 6.28. The van der Waals surface area contributed by atoms with E-state index in [0.717, 1.165) is 5.56 Å². The number of sulfonamides is 1. The number of carbonyl (C=O) groups excluding carboxylic acids is 1. The zero-order chi connectivity index (χ0) is 18.0. The molecule has 0 aliphatic carbocycles. The number of nitrogens with one attached hydrogen (secondary N) is 1. The molecule has 1 aliphatic rings. The van der Waals surface area contributed by atoms with Gasteiger partial charge in [-0.2, -0.15) is 0 Å². The predicted octanol–water partition coefficient (Wildman–Crippen LogP) is 1.20. The Balaban J connectivity index is 1.86. The second-order valence-corrected chi connectivity index (χ2v) is 7.27. The van der Waals surface area contributed by atoms with Crippen LogP contribution < -0.4 is 9.62 Å². The number of anilines is 2. The van der Waals surface area contributed by atoms with Crippen molar-refractivity contribution in [1.29, 1.82) is 0 Å². The van der Waals surface area contributed by atoms with Gasteiger partial charge in [0.2, 0.25) is 5.95 Å². The number of amides is 1. The Morgan fingerprint density at radius 2 is 2.04 bits per heavy atom. The van der Waals surface area contributed by atoms with Gasteiger partial charge in [-0.25, -0.2) is 23.1 Å². The van der Waals surface area contributed by atoms with E-state index < -0.39 is 16.1 Å². The molecule has 2 heterocycles. The quantitative estimate of drug-likeness (QED) is 0.858. The second kappa shape index (κ2) is 6.77. The number of methoxy groups -OCH3 is 1. The van der Waals surface area contributed by atoms with Gasteiger partial charge >= 0.3 is 0 Å². The molecule has 1 atom stereocenters. The van der Waals surface area contributed by atoms with Gasteiger partial charge in [-0.05, 0) is 43.2 Å². The third-order valence-corrected chi connectivity index (χ3v) is 5.34. The molecule has 1 aromatic heterocycles. The molecular weight excluding hydrogens is 344 g/mol. The molecule has 8 nitrogen and oxygen atoms in total. The topological polar surface area (TPSA) is 101 Å². The van der Waals surface area contributed by atoms with Crippen molar-refractivity contribution in [2.24, 2.45) is 0 Å². The lowest BCUT2D eigenvalue weighted by molar-refractivity contribution is -0.127. The Morgan fingerprint density at radius 1 is 1.32 bits per heavy atom. The average molecular weight is 362 g/mol. The van der Waals surface area contributed by atoms with Gasteiger partial charge in [0.1, 0.15) is 6.10 Å². The molecule has 1 aromatic carbocycles. The molecule has 0 saturated heterocycles. The highest BCUT2D eigenvalue weighted by Gasteiger charge is 2.29. The number of ether oxygens (including phenoxy) is 1. The van der Waals surface area contributed by atoms with Gasteiger partial charge in [-0.15, -0.1) is 0 Å². The second-order valence-electron chi connectivity index (χ2n) is 5.59. The van der Waals surface area contributed by atoms with Crippen LogP contribution in [0.25, 0.3) is 0 Å². The fraction of sp³-hybridized carbons (Fsp3) is 0.312. The van der Waals surface area contributed by atoms with Crippen molar-refractivity contribution < 1.29 is 17.9 Å². The first-order valence-corrected chi connectivity index (χ1v) is 9.17. The smallest absolute Gasteiger partial charge is 0.264 e. The summed E-state index contributed by atoms with van der Waals surface area (Å²) in [5.74, 6) is -0.138. The van der Waals surface area contributed by atoms with Crippen LogP contribution in [0.15, 0.2) is 41.6 Å². The van der Waals surface area contributed by atoms with E-state index in [4.69, 9.17) is 4.74 Å². The Kier molecular flexibility index (Phi) is 4.69. The lowest BCUT2D eigenvalue weighted by Crippen LogP contribution is -2.37. The maximum Gasteiger partial charge on any atom is 0.264 e. The van der Waals surface area contributed by atoms with Crippen molar-refractivity contribution in [1.82, 2.24) is 9.97 Å². The molecule has 2 aromatic rings. The van der Waals surface area contributed by atoms with E-state index in [9.17, 15) is 13.2 Å². The number of aromatic nitrogens is 2. The number of hydrogen-bond acceptors (Lipinski definition) is 6. The number of carbonyl (C=O) groups is 1. The molecule has 1 unspecified atom stereocenters. The first kappa shape index (κ1) is 17.3. The summed E-state index contributed by atoms with van der Waals surface area (Å²) >= 11 is 0. The van der Waals surface area contributed by atoms with E-state index in [-0.39, 0.29) is 16.8 Å². The molecule has 1 amide bonds. The molecule has 0 radical (unpaired) electrons. The van der Waals surface area contributed by atoms with Crippen LogP contribution in [0.3, 0.4) is 0 Å². The maximum absolute atomic E-state index is 12.5. The van der Waals surface area contributed by atoms with E-state index in [0.29, 0.717) is 18.7 Å². The molecule has 3 rings (SSSR count). The summed E-state index contributed by atoms with van der Waals surface area (Å²) in [5, 5.41) is 0. The molecule has 132 valence electrons. The largest absolute Gasteiger partial charge is 0.372 e. The predicted molar refractivity (Wildman–Crippen MR) is 91.8 cm³/mol. The zero-order valence-electron chi connectivity index (χ0n) is 13.8. The number of benzene rings is 1. The normalized spacial score (nSPS) is 14.9. The Hall–Kier alpha value is -2.52. The fourth-order valence-electron chi connectivity index (χ4n) is 2.63. The molecule has 0 saturated carbocycles. The number of fused-ring (bicyclic) bond motifs is 1. The summed E-state index contributed by atoms with van der Waals surface area (Å²) in [5.41, 5.74) is 1.51. The van der Waals surface area contributed by atoms with Crippen molar-refractivity contribution in [2.75, 3.05) is 23.3 Å². The monoisotopic (exact) mass is 362 g/mol. The van der Waals surface area contributed by atoms with Crippen LogP contribution in [0.2, 0.25) is 0 Å². The Bertz CT molecular complexity index is 886. The lowest BCUT2D eigenvalue weighted by Gasteiger charge is -2.20. The summed E-state index contributed by atoms with van der Waals surface area (Å²) in [6.07, 6.45) is 2.94. The van der Waals surface area contributed by atoms with E-state index in [1.165, 1.54) is 25.6 Å². The molecule has 0 bridgehead atoms. The van der Waals surface area contributed by atoms with Crippen LogP contribution in [-0.2, 0) is 26.0 Å². The minimum absolute atomic E-state index is 0.00808. The minimum Gasteiger partial charge on any atom is -0.372 e. The fourth-order valence-corrected chi connectivity index (χ4v) is 3.63. The Morgan fingerprint density at radius 3 is 2.72 bits per heavy atom. The minimum atomic E-state index is -3.80. The summed E-state index contributed by atoms with van der Waals surface area (Å²) in [6.45, 7) is 2.18. The lowest BCUT2D eigenvalue weighted by atomic mass is 10.2. The molecule has 1 N–H and O–H groups in total. The molecule has 0 spiro atoms. The molecule has 9 heteroatoms. The van der Waals surface area contributed by atoms with Crippen molar-refractivity contribution >= 4 is 27.6 Å². The zero-order valence-corrected chi connectivity index (χ0v) is 14.7. The maximum atomic E-state index is 12.5. The van der Waals surface area contributed by atoms with Gasteiger partial charge in [0, 0.05) is 31.7 Å². The summed E-state index contributed by atoms with van der Waals surface area (Å²) in [4.78, 5) is 21.8. The van der Waals surface area contributed by atoms with Gasteiger partial charge in [0.25, 0.3) is 15.9 Å². The van der Waals surface area contributed by atoms with Crippen molar-refractivity contribution in [3.05, 3.63) is 42.2 Å². The third-order valence-electron chi connectivity index (χ3n) is 4.02. The highest BCUT2D eigenvalue weighted by Crippen LogP contribution is 2.31. The van der Waals surface area contributed by atoms with Gasteiger partial charge in [0.15, 0.2) is 0 Å². The standard InChI is InChI=1S/C16H18N4O4S/c1-11(24-2)15(21)20-9-6-12-10-13(4-5-14(12)20)25(22,23)19-16-17-7-3-8-18-16/h3-5,7-8,10-11H,6,9H2,1-2H3,(H,17,18,19). The van der Waals surface area contributed by atoms with Crippen molar-refractivity contribution in [3.63, 3.8) is 0 Å². The molecule has 1 aliphatic heterocycles. The summed E-state index contributed by atoms with van der Waals surface area (Å²) < 4.78 is 32.4. The third kappa shape index (κ3) is 3.47. The number of nitrogens with zero attached hydrogens (tertiary/aromatic N) is 3. The highest BCUT2D eigenvalue weighted by atomic mass is 32.2. The van der Waals surface area contributed by atoms with Gasteiger partial charge in [0.05, 0.1) is 4.90 Å².